The van der Waals surface area contributed by atoms with Gasteiger partial charge in [0.15, 0.2) is 0 Å². The van der Waals surface area contributed by atoms with Gasteiger partial charge in [-0.15, -0.1) is 0 Å². The van der Waals surface area contributed by atoms with Gasteiger partial charge in [0.2, 0.25) is 5.91 Å². The third-order valence-electron chi connectivity index (χ3n) is 4.77. The molecule has 27 heavy (non-hydrogen) atoms. The molecule has 2 heterocycles. The predicted molar refractivity (Wildman–Crippen MR) is 111 cm³/mol. The number of fused-ring (bicyclic) bond motifs is 2. The second kappa shape index (κ2) is 7.48. The Hall–Kier alpha value is -2.73. The number of aromatic amines is 1. The Kier molecular flexibility index (Phi) is 4.90. The van der Waals surface area contributed by atoms with E-state index in [1.54, 1.807) is 7.11 Å². The predicted octanol–water partition coefficient (Wildman–Crippen LogP) is 4.25. The standard InChI is InChI=1S/C21H20BrN3O2/c1-27-15-5-6-19-17(11-15)14(12-24-19)7-9-23-21(26)13-25-10-8-16-18(22)3-2-4-20(16)25/h2-6,8,10-12,24H,7,9,13H2,1H3,(H,23,26). The van der Waals surface area contributed by atoms with E-state index in [1.807, 2.05) is 59.4 Å². The second-order valence-corrected chi connectivity index (χ2v) is 7.30. The summed E-state index contributed by atoms with van der Waals surface area (Å²) < 4.78 is 8.30. The Morgan fingerprint density at radius 3 is 2.96 bits per heavy atom. The quantitative estimate of drug-likeness (QED) is 0.484. The Morgan fingerprint density at radius 2 is 2.11 bits per heavy atom. The molecule has 5 nitrogen and oxygen atoms in total. The van der Waals surface area contributed by atoms with Crippen LogP contribution in [0.4, 0.5) is 0 Å². The van der Waals surface area contributed by atoms with E-state index in [4.69, 9.17) is 4.74 Å². The van der Waals surface area contributed by atoms with Gasteiger partial charge in [-0.3, -0.25) is 4.79 Å². The first-order valence-corrected chi connectivity index (χ1v) is 9.59. The topological polar surface area (TPSA) is 59.0 Å². The van der Waals surface area contributed by atoms with Gasteiger partial charge in [-0.1, -0.05) is 22.0 Å². The van der Waals surface area contributed by atoms with Crippen molar-refractivity contribution in [2.75, 3.05) is 13.7 Å². The Bertz CT molecular complexity index is 1110. The van der Waals surface area contributed by atoms with Crippen LogP contribution in [0.5, 0.6) is 5.75 Å². The average Bonchev–Trinajstić information content (AvgIpc) is 3.27. The lowest BCUT2D eigenvalue weighted by atomic mass is 10.1. The highest BCUT2D eigenvalue weighted by Crippen LogP contribution is 2.25. The number of aromatic nitrogens is 2. The number of amides is 1. The van der Waals surface area contributed by atoms with E-state index in [2.05, 4.69) is 26.2 Å². The maximum Gasteiger partial charge on any atom is 0.239 e. The molecule has 6 heteroatoms. The van der Waals surface area contributed by atoms with Gasteiger partial charge in [0.05, 0.1) is 7.11 Å². The number of carbonyl (C=O) groups is 1. The van der Waals surface area contributed by atoms with Crippen LogP contribution in [0.2, 0.25) is 0 Å². The van der Waals surface area contributed by atoms with Gasteiger partial charge in [0.25, 0.3) is 0 Å². The SMILES string of the molecule is COc1ccc2[nH]cc(CCNC(=O)Cn3ccc4c(Br)cccc43)c2c1. The van der Waals surface area contributed by atoms with Crippen molar-refractivity contribution in [3.8, 4) is 5.75 Å². The molecule has 1 amide bonds. The first-order chi connectivity index (χ1) is 13.2. The highest BCUT2D eigenvalue weighted by atomic mass is 79.9. The molecule has 2 aromatic heterocycles. The van der Waals surface area contributed by atoms with Crippen LogP contribution in [0, 0.1) is 0 Å². The van der Waals surface area contributed by atoms with Crippen molar-refractivity contribution in [1.82, 2.24) is 14.9 Å². The van der Waals surface area contributed by atoms with Crippen LogP contribution in [-0.4, -0.2) is 29.1 Å². The van der Waals surface area contributed by atoms with Gasteiger partial charge in [-0.05, 0) is 48.4 Å². The Labute approximate surface area is 165 Å². The summed E-state index contributed by atoms with van der Waals surface area (Å²) in [6.45, 7) is 0.896. The number of halogens is 1. The normalized spacial score (nSPS) is 11.2. The van der Waals surface area contributed by atoms with Crippen molar-refractivity contribution in [3.05, 3.63) is 64.9 Å². The lowest BCUT2D eigenvalue weighted by Crippen LogP contribution is -2.29. The third kappa shape index (κ3) is 3.57. The largest absolute Gasteiger partial charge is 0.497 e. The first kappa shape index (κ1) is 17.7. The summed E-state index contributed by atoms with van der Waals surface area (Å²) in [6.07, 6.45) is 4.70. The summed E-state index contributed by atoms with van der Waals surface area (Å²) in [4.78, 5) is 15.6. The number of carbonyl (C=O) groups excluding carboxylic acids is 1. The van der Waals surface area contributed by atoms with Crippen molar-refractivity contribution in [2.24, 2.45) is 0 Å². The monoisotopic (exact) mass is 425 g/mol. The summed E-state index contributed by atoms with van der Waals surface area (Å²) >= 11 is 3.54. The van der Waals surface area contributed by atoms with E-state index in [9.17, 15) is 4.79 Å². The zero-order valence-corrected chi connectivity index (χ0v) is 16.5. The van der Waals surface area contributed by atoms with Crippen LogP contribution >= 0.6 is 15.9 Å². The number of nitrogens with one attached hydrogen (secondary N) is 2. The van der Waals surface area contributed by atoms with Crippen molar-refractivity contribution >= 4 is 43.6 Å². The maximum absolute atomic E-state index is 12.4. The van der Waals surface area contributed by atoms with Gasteiger partial charge >= 0.3 is 0 Å². The lowest BCUT2D eigenvalue weighted by Gasteiger charge is -2.08. The number of methoxy groups -OCH3 is 1. The van der Waals surface area contributed by atoms with Crippen molar-refractivity contribution in [3.63, 3.8) is 0 Å². The second-order valence-electron chi connectivity index (χ2n) is 6.44. The van der Waals surface area contributed by atoms with Crippen LogP contribution in [0.25, 0.3) is 21.8 Å². The highest BCUT2D eigenvalue weighted by Gasteiger charge is 2.09. The summed E-state index contributed by atoms with van der Waals surface area (Å²) in [6, 6.07) is 14.0. The minimum Gasteiger partial charge on any atom is -0.497 e. The van der Waals surface area contributed by atoms with Gasteiger partial charge in [0.1, 0.15) is 12.3 Å². The molecule has 0 fully saturated rings. The molecule has 0 aliphatic heterocycles. The van der Waals surface area contributed by atoms with Crippen LogP contribution in [0.15, 0.2) is 59.3 Å². The molecule has 4 rings (SSSR count). The molecule has 0 atom stereocenters. The lowest BCUT2D eigenvalue weighted by molar-refractivity contribution is -0.121. The molecular formula is C21H20BrN3O2. The van der Waals surface area contributed by atoms with E-state index < -0.39 is 0 Å². The van der Waals surface area contributed by atoms with Crippen molar-refractivity contribution in [2.45, 2.75) is 13.0 Å². The van der Waals surface area contributed by atoms with Gasteiger partial charge in [0, 0.05) is 45.2 Å². The number of H-pyrrole nitrogens is 1. The Balaban J connectivity index is 1.39. The van der Waals surface area contributed by atoms with Crippen molar-refractivity contribution in [1.29, 1.82) is 0 Å². The molecule has 4 aromatic rings. The maximum atomic E-state index is 12.4. The fourth-order valence-electron chi connectivity index (χ4n) is 3.36. The molecule has 0 saturated heterocycles. The molecule has 2 aromatic carbocycles. The third-order valence-corrected chi connectivity index (χ3v) is 5.46. The van der Waals surface area contributed by atoms with E-state index >= 15 is 0 Å². The van der Waals surface area contributed by atoms with Gasteiger partial charge < -0.3 is 19.6 Å². The summed E-state index contributed by atoms with van der Waals surface area (Å²) in [5, 5.41) is 5.25. The number of hydrogen-bond donors (Lipinski definition) is 2. The molecule has 138 valence electrons. The van der Waals surface area contributed by atoms with Crippen LogP contribution in [0.1, 0.15) is 5.56 Å². The minimum atomic E-state index is 0.00453. The van der Waals surface area contributed by atoms with Crippen LogP contribution < -0.4 is 10.1 Å². The molecule has 0 bridgehead atoms. The van der Waals surface area contributed by atoms with Gasteiger partial charge in [-0.2, -0.15) is 0 Å². The van der Waals surface area contributed by atoms with Crippen molar-refractivity contribution < 1.29 is 9.53 Å². The molecule has 0 aliphatic rings. The number of rotatable bonds is 6. The summed E-state index contributed by atoms with van der Waals surface area (Å²) in [7, 11) is 1.66. The molecule has 0 aliphatic carbocycles. The van der Waals surface area contributed by atoms with E-state index in [0.717, 1.165) is 38.4 Å². The number of nitrogens with zero attached hydrogens (tertiary/aromatic N) is 1. The Morgan fingerprint density at radius 1 is 1.22 bits per heavy atom. The molecule has 0 unspecified atom stereocenters. The van der Waals surface area contributed by atoms with E-state index in [1.165, 1.54) is 5.56 Å². The zero-order chi connectivity index (χ0) is 18.8. The zero-order valence-electron chi connectivity index (χ0n) is 15.0. The number of ether oxygens (including phenoxy) is 1. The van der Waals surface area contributed by atoms with E-state index in [0.29, 0.717) is 13.1 Å². The fourth-order valence-corrected chi connectivity index (χ4v) is 3.85. The molecule has 2 N–H and O–H groups in total. The van der Waals surface area contributed by atoms with Crippen LogP contribution in [-0.2, 0) is 17.8 Å². The molecule has 0 radical (unpaired) electrons. The summed E-state index contributed by atoms with van der Waals surface area (Å²) in [5.41, 5.74) is 3.28. The highest BCUT2D eigenvalue weighted by molar-refractivity contribution is 9.10. The van der Waals surface area contributed by atoms with Crippen LogP contribution in [0.3, 0.4) is 0 Å². The molecule has 0 saturated carbocycles. The number of hydrogen-bond acceptors (Lipinski definition) is 2. The molecular weight excluding hydrogens is 406 g/mol. The smallest absolute Gasteiger partial charge is 0.239 e. The van der Waals surface area contributed by atoms with Gasteiger partial charge in [-0.25, -0.2) is 0 Å². The average molecular weight is 426 g/mol. The minimum absolute atomic E-state index is 0.00453. The number of benzene rings is 2. The first-order valence-electron chi connectivity index (χ1n) is 8.80. The fraction of sp³-hybridized carbons (Fsp3) is 0.190. The molecule has 0 spiro atoms. The summed E-state index contributed by atoms with van der Waals surface area (Å²) in [5.74, 6) is 0.836. The van der Waals surface area contributed by atoms with E-state index in [-0.39, 0.29) is 5.91 Å².